The summed E-state index contributed by atoms with van der Waals surface area (Å²) in [4.78, 5) is 12.5. The number of aromatic hydroxyl groups is 2. The Balaban J connectivity index is 2.56. The fourth-order valence-corrected chi connectivity index (χ4v) is 2.38. The second-order valence-corrected chi connectivity index (χ2v) is 4.80. The summed E-state index contributed by atoms with van der Waals surface area (Å²) < 4.78 is 0. The predicted octanol–water partition coefficient (Wildman–Crippen LogP) is 3.25. The molecule has 3 heteroatoms. The zero-order chi connectivity index (χ0) is 14.2. The number of aryl methyl sites for hydroxylation is 3. The SMILES string of the molecule is Cc1cc(C)c(C(=O)c2ccc(O)cc2O)c(C)c1. The third kappa shape index (κ3) is 2.45. The van der Waals surface area contributed by atoms with Gasteiger partial charge in [-0.2, -0.15) is 0 Å². The van der Waals surface area contributed by atoms with Gasteiger partial charge >= 0.3 is 0 Å². The fraction of sp³-hybridized carbons (Fsp3) is 0.188. The Morgan fingerprint density at radius 2 is 1.53 bits per heavy atom. The van der Waals surface area contributed by atoms with Gasteiger partial charge in [-0.15, -0.1) is 0 Å². The summed E-state index contributed by atoms with van der Waals surface area (Å²) in [6.07, 6.45) is 0. The van der Waals surface area contributed by atoms with E-state index in [1.165, 1.54) is 18.2 Å². The first kappa shape index (κ1) is 13.1. The van der Waals surface area contributed by atoms with Gasteiger partial charge in [0, 0.05) is 11.6 Å². The van der Waals surface area contributed by atoms with Gasteiger partial charge in [-0.3, -0.25) is 4.79 Å². The molecule has 0 atom stereocenters. The minimum absolute atomic E-state index is 0.0635. The second-order valence-electron chi connectivity index (χ2n) is 4.80. The highest BCUT2D eigenvalue weighted by Gasteiger charge is 2.18. The molecule has 0 saturated heterocycles. The van der Waals surface area contributed by atoms with E-state index < -0.39 is 0 Å². The topological polar surface area (TPSA) is 57.5 Å². The van der Waals surface area contributed by atoms with E-state index in [4.69, 9.17) is 0 Å². The van der Waals surface area contributed by atoms with Crippen molar-refractivity contribution in [1.29, 1.82) is 0 Å². The molecular weight excluding hydrogens is 240 g/mol. The van der Waals surface area contributed by atoms with Crippen molar-refractivity contribution in [1.82, 2.24) is 0 Å². The van der Waals surface area contributed by atoms with Crippen LogP contribution in [0.5, 0.6) is 11.5 Å². The molecule has 98 valence electrons. The largest absolute Gasteiger partial charge is 0.508 e. The van der Waals surface area contributed by atoms with Crippen LogP contribution in [0.3, 0.4) is 0 Å². The van der Waals surface area contributed by atoms with Crippen LogP contribution in [-0.2, 0) is 0 Å². The lowest BCUT2D eigenvalue weighted by molar-refractivity contribution is 0.103. The van der Waals surface area contributed by atoms with E-state index in [1.807, 2.05) is 32.9 Å². The van der Waals surface area contributed by atoms with Crippen LogP contribution in [0.25, 0.3) is 0 Å². The summed E-state index contributed by atoms with van der Waals surface area (Å²) in [5.41, 5.74) is 3.67. The Bertz CT molecular complexity index is 634. The minimum atomic E-state index is -0.229. The van der Waals surface area contributed by atoms with E-state index in [-0.39, 0.29) is 22.8 Å². The van der Waals surface area contributed by atoms with E-state index in [2.05, 4.69) is 0 Å². The molecule has 2 rings (SSSR count). The first-order valence-electron chi connectivity index (χ1n) is 6.04. The Morgan fingerprint density at radius 1 is 0.947 bits per heavy atom. The Morgan fingerprint density at radius 3 is 2.05 bits per heavy atom. The van der Waals surface area contributed by atoms with Crippen molar-refractivity contribution in [2.45, 2.75) is 20.8 Å². The average Bonchev–Trinajstić information content (AvgIpc) is 2.26. The van der Waals surface area contributed by atoms with Crippen LogP contribution in [-0.4, -0.2) is 16.0 Å². The van der Waals surface area contributed by atoms with Crippen molar-refractivity contribution in [3.05, 3.63) is 58.1 Å². The summed E-state index contributed by atoms with van der Waals surface area (Å²) in [6, 6.07) is 7.89. The van der Waals surface area contributed by atoms with Crippen molar-refractivity contribution >= 4 is 5.78 Å². The average molecular weight is 256 g/mol. The third-order valence-corrected chi connectivity index (χ3v) is 3.13. The molecule has 0 fully saturated rings. The number of carbonyl (C=O) groups excluding carboxylic acids is 1. The van der Waals surface area contributed by atoms with Gasteiger partial charge in [0.25, 0.3) is 0 Å². The number of ketones is 1. The third-order valence-electron chi connectivity index (χ3n) is 3.13. The molecule has 0 unspecified atom stereocenters. The maximum atomic E-state index is 12.5. The zero-order valence-electron chi connectivity index (χ0n) is 11.2. The molecular formula is C16H16O3. The molecule has 0 aliphatic rings. The van der Waals surface area contributed by atoms with Gasteiger partial charge in [0.1, 0.15) is 11.5 Å². The molecule has 19 heavy (non-hydrogen) atoms. The summed E-state index contributed by atoms with van der Waals surface area (Å²) in [5.74, 6) is -0.497. The lowest BCUT2D eigenvalue weighted by Crippen LogP contribution is -2.07. The molecule has 0 aliphatic heterocycles. The maximum Gasteiger partial charge on any atom is 0.197 e. The normalized spacial score (nSPS) is 10.5. The number of benzene rings is 2. The van der Waals surface area contributed by atoms with Crippen molar-refractivity contribution in [2.75, 3.05) is 0 Å². The van der Waals surface area contributed by atoms with Crippen LogP contribution >= 0.6 is 0 Å². The van der Waals surface area contributed by atoms with E-state index in [0.717, 1.165) is 16.7 Å². The lowest BCUT2D eigenvalue weighted by atomic mass is 9.93. The van der Waals surface area contributed by atoms with Crippen molar-refractivity contribution in [3.8, 4) is 11.5 Å². The second kappa shape index (κ2) is 4.76. The van der Waals surface area contributed by atoms with Crippen LogP contribution in [0.4, 0.5) is 0 Å². The van der Waals surface area contributed by atoms with Crippen LogP contribution in [0.15, 0.2) is 30.3 Å². The van der Waals surface area contributed by atoms with Gasteiger partial charge in [-0.1, -0.05) is 17.7 Å². The molecule has 2 aromatic rings. The van der Waals surface area contributed by atoms with E-state index >= 15 is 0 Å². The van der Waals surface area contributed by atoms with E-state index in [1.54, 1.807) is 0 Å². The molecule has 0 saturated carbocycles. The fourth-order valence-electron chi connectivity index (χ4n) is 2.38. The van der Waals surface area contributed by atoms with Crippen molar-refractivity contribution in [3.63, 3.8) is 0 Å². The summed E-state index contributed by atoms with van der Waals surface area (Å²) >= 11 is 0. The number of phenols is 2. The van der Waals surface area contributed by atoms with Gasteiger partial charge < -0.3 is 10.2 Å². The molecule has 3 nitrogen and oxygen atoms in total. The van der Waals surface area contributed by atoms with Crippen LogP contribution in [0.2, 0.25) is 0 Å². The molecule has 0 bridgehead atoms. The number of carbonyl (C=O) groups is 1. The molecule has 2 aromatic carbocycles. The molecule has 0 heterocycles. The van der Waals surface area contributed by atoms with E-state index in [9.17, 15) is 15.0 Å². The van der Waals surface area contributed by atoms with Crippen molar-refractivity contribution < 1.29 is 15.0 Å². The van der Waals surface area contributed by atoms with Crippen LogP contribution < -0.4 is 0 Å². The van der Waals surface area contributed by atoms with Gasteiger partial charge in [0.05, 0.1) is 5.56 Å². The first-order chi connectivity index (χ1) is 8.90. The predicted molar refractivity (Wildman–Crippen MR) is 73.9 cm³/mol. The minimum Gasteiger partial charge on any atom is -0.508 e. The Hall–Kier alpha value is -2.29. The van der Waals surface area contributed by atoms with Gasteiger partial charge in [0.15, 0.2) is 5.78 Å². The number of phenolic OH excluding ortho intramolecular Hbond substituents is 2. The Kier molecular flexibility index (Phi) is 3.30. The molecule has 0 aliphatic carbocycles. The molecule has 0 spiro atoms. The van der Waals surface area contributed by atoms with Gasteiger partial charge in [0.2, 0.25) is 0 Å². The molecule has 2 N–H and O–H groups in total. The lowest BCUT2D eigenvalue weighted by Gasteiger charge is -2.11. The number of rotatable bonds is 2. The highest BCUT2D eigenvalue weighted by molar-refractivity contribution is 6.12. The molecule has 0 radical (unpaired) electrons. The monoisotopic (exact) mass is 256 g/mol. The van der Waals surface area contributed by atoms with Gasteiger partial charge in [-0.05, 0) is 44.0 Å². The standard InChI is InChI=1S/C16H16O3/c1-9-6-10(2)15(11(3)7-9)16(19)13-5-4-12(17)8-14(13)18/h4-8,17-18H,1-3H3. The van der Waals surface area contributed by atoms with Crippen LogP contribution in [0, 0.1) is 20.8 Å². The molecule has 0 aromatic heterocycles. The number of hydrogen-bond donors (Lipinski definition) is 2. The van der Waals surface area contributed by atoms with Crippen LogP contribution in [0.1, 0.15) is 32.6 Å². The zero-order valence-corrected chi connectivity index (χ0v) is 11.2. The summed E-state index contributed by atoms with van der Waals surface area (Å²) in [7, 11) is 0. The first-order valence-corrected chi connectivity index (χ1v) is 6.04. The number of hydrogen-bond acceptors (Lipinski definition) is 3. The smallest absolute Gasteiger partial charge is 0.197 e. The Labute approximate surface area is 112 Å². The highest BCUT2D eigenvalue weighted by Crippen LogP contribution is 2.27. The summed E-state index contributed by atoms with van der Waals surface area (Å²) in [6.45, 7) is 5.74. The summed E-state index contributed by atoms with van der Waals surface area (Å²) in [5, 5.41) is 19.0. The van der Waals surface area contributed by atoms with Crippen molar-refractivity contribution in [2.24, 2.45) is 0 Å². The quantitative estimate of drug-likeness (QED) is 0.811. The maximum absolute atomic E-state index is 12.5. The van der Waals surface area contributed by atoms with E-state index in [0.29, 0.717) is 5.56 Å². The molecule has 0 amide bonds. The van der Waals surface area contributed by atoms with Gasteiger partial charge in [-0.25, -0.2) is 0 Å². The highest BCUT2D eigenvalue weighted by atomic mass is 16.3.